The molecule has 1 aromatic heterocycles. The average molecular weight is 299 g/mol. The number of ether oxygens (including phenoxy) is 1. The van der Waals surface area contributed by atoms with Gasteiger partial charge in [0.05, 0.1) is 12.3 Å². The van der Waals surface area contributed by atoms with E-state index >= 15 is 0 Å². The zero-order chi connectivity index (χ0) is 15.2. The van der Waals surface area contributed by atoms with Crippen molar-refractivity contribution in [2.24, 2.45) is 0 Å². The topological polar surface area (TPSA) is 58.8 Å². The Bertz CT molecular complexity index is 680. The minimum Gasteiger partial charge on any atom is -0.492 e. The summed E-state index contributed by atoms with van der Waals surface area (Å²) in [4.78, 5) is 8.55. The molecule has 1 heterocycles. The molecule has 5 heteroatoms. The first kappa shape index (κ1) is 15.3. The Morgan fingerprint density at radius 1 is 1.19 bits per heavy atom. The van der Waals surface area contributed by atoms with Crippen molar-refractivity contribution in [1.29, 1.82) is 5.26 Å². The lowest BCUT2D eigenvalue weighted by Crippen LogP contribution is -2.04. The van der Waals surface area contributed by atoms with Gasteiger partial charge in [-0.05, 0) is 32.4 Å². The van der Waals surface area contributed by atoms with E-state index < -0.39 is 0 Å². The van der Waals surface area contributed by atoms with Crippen LogP contribution in [0.4, 0.5) is 0 Å². The molecule has 0 aliphatic rings. The highest BCUT2D eigenvalue weighted by atomic mass is 32.2. The Kier molecular flexibility index (Phi) is 5.18. The third kappa shape index (κ3) is 3.96. The second-order valence-electron chi connectivity index (χ2n) is 4.61. The second kappa shape index (κ2) is 7.09. The molecule has 0 aliphatic carbocycles. The van der Waals surface area contributed by atoms with Crippen molar-refractivity contribution in [2.45, 2.75) is 25.8 Å². The van der Waals surface area contributed by atoms with E-state index in [2.05, 4.69) is 16.0 Å². The molecule has 0 aliphatic heterocycles. The number of thioether (sulfide) groups is 1. The van der Waals surface area contributed by atoms with Crippen LogP contribution in [0.2, 0.25) is 0 Å². The lowest BCUT2D eigenvalue weighted by atomic mass is 10.2. The number of nitriles is 1. The van der Waals surface area contributed by atoms with Gasteiger partial charge in [-0.25, -0.2) is 9.97 Å². The number of para-hydroxylation sites is 1. The van der Waals surface area contributed by atoms with Gasteiger partial charge in [0.1, 0.15) is 28.2 Å². The van der Waals surface area contributed by atoms with Gasteiger partial charge in [0.25, 0.3) is 0 Å². The highest BCUT2D eigenvalue weighted by Gasteiger charge is 2.10. The molecule has 4 nitrogen and oxygen atoms in total. The van der Waals surface area contributed by atoms with Crippen molar-refractivity contribution in [1.82, 2.24) is 9.97 Å². The summed E-state index contributed by atoms with van der Waals surface area (Å²) in [5.41, 5.74) is 2.41. The number of rotatable bonds is 5. The Labute approximate surface area is 129 Å². The molecule has 2 rings (SSSR count). The maximum absolute atomic E-state index is 9.19. The van der Waals surface area contributed by atoms with Gasteiger partial charge in [0.15, 0.2) is 0 Å². The molecule has 0 bridgehead atoms. The van der Waals surface area contributed by atoms with Crippen LogP contribution < -0.4 is 4.74 Å². The van der Waals surface area contributed by atoms with Crippen molar-refractivity contribution in [2.75, 3.05) is 12.4 Å². The van der Waals surface area contributed by atoms with Gasteiger partial charge in [0, 0.05) is 5.75 Å². The van der Waals surface area contributed by atoms with Crippen molar-refractivity contribution >= 4 is 11.8 Å². The normalized spacial score (nSPS) is 10.2. The molecule has 0 fully saturated rings. The summed E-state index contributed by atoms with van der Waals surface area (Å²) in [6.07, 6.45) is 0. The van der Waals surface area contributed by atoms with Gasteiger partial charge < -0.3 is 4.74 Å². The average Bonchev–Trinajstić information content (AvgIpc) is 2.45. The van der Waals surface area contributed by atoms with E-state index in [1.54, 1.807) is 0 Å². The molecule has 21 heavy (non-hydrogen) atoms. The fraction of sp³-hybridized carbons (Fsp3) is 0.312. The predicted octanol–water partition coefficient (Wildman–Crippen LogP) is 3.44. The van der Waals surface area contributed by atoms with Crippen molar-refractivity contribution in [3.05, 3.63) is 46.9 Å². The first-order valence-corrected chi connectivity index (χ1v) is 7.67. The molecule has 0 unspecified atom stereocenters. The van der Waals surface area contributed by atoms with E-state index in [9.17, 15) is 5.26 Å². The summed E-state index contributed by atoms with van der Waals surface area (Å²) in [6, 6.07) is 10.1. The molecule has 108 valence electrons. The summed E-state index contributed by atoms with van der Waals surface area (Å²) in [5.74, 6) is 2.32. The summed E-state index contributed by atoms with van der Waals surface area (Å²) in [7, 11) is 0. The zero-order valence-corrected chi connectivity index (χ0v) is 13.2. The molecule has 0 N–H and O–H groups in total. The Hall–Kier alpha value is -2.06. The maximum atomic E-state index is 9.19. The van der Waals surface area contributed by atoms with E-state index in [1.807, 2.05) is 45.0 Å². The molecule has 0 saturated carbocycles. The number of aryl methyl sites for hydroxylation is 3. The van der Waals surface area contributed by atoms with Crippen LogP contribution in [0.1, 0.15) is 22.6 Å². The van der Waals surface area contributed by atoms with E-state index in [0.717, 1.165) is 27.8 Å². The fourth-order valence-electron chi connectivity index (χ4n) is 1.92. The fourth-order valence-corrected chi connectivity index (χ4v) is 2.82. The van der Waals surface area contributed by atoms with E-state index in [4.69, 9.17) is 4.74 Å². The third-order valence-corrected chi connectivity index (χ3v) is 3.89. The molecule has 1 aromatic carbocycles. The zero-order valence-electron chi connectivity index (χ0n) is 12.4. The number of benzene rings is 1. The van der Waals surface area contributed by atoms with Crippen LogP contribution in [0, 0.1) is 32.1 Å². The largest absolute Gasteiger partial charge is 0.492 e. The molecule has 0 atom stereocenters. The van der Waals surface area contributed by atoms with Crippen LogP contribution in [0.15, 0.2) is 29.3 Å². The Morgan fingerprint density at radius 3 is 2.67 bits per heavy atom. The standard InChI is InChI=1S/C16H17N3OS/c1-11-6-4-5-7-15(11)20-8-9-21-16-14(10-17)12(2)18-13(3)19-16/h4-7H,8-9H2,1-3H3. The highest BCUT2D eigenvalue weighted by Crippen LogP contribution is 2.22. The van der Waals surface area contributed by atoms with E-state index in [1.165, 1.54) is 11.8 Å². The molecule has 0 saturated heterocycles. The van der Waals surface area contributed by atoms with Gasteiger partial charge in [-0.2, -0.15) is 5.26 Å². The van der Waals surface area contributed by atoms with Gasteiger partial charge in [-0.3, -0.25) is 0 Å². The summed E-state index contributed by atoms with van der Waals surface area (Å²) < 4.78 is 5.75. The highest BCUT2D eigenvalue weighted by molar-refractivity contribution is 7.99. The first-order valence-electron chi connectivity index (χ1n) is 6.68. The van der Waals surface area contributed by atoms with Crippen LogP contribution in [0.25, 0.3) is 0 Å². The van der Waals surface area contributed by atoms with E-state index in [-0.39, 0.29) is 0 Å². The second-order valence-corrected chi connectivity index (χ2v) is 5.69. The van der Waals surface area contributed by atoms with Crippen LogP contribution in [0.3, 0.4) is 0 Å². The summed E-state index contributed by atoms with van der Waals surface area (Å²) in [5, 5.41) is 9.92. The van der Waals surface area contributed by atoms with Gasteiger partial charge in [-0.1, -0.05) is 18.2 Å². The van der Waals surface area contributed by atoms with Crippen molar-refractivity contribution in [3.8, 4) is 11.8 Å². The first-order chi connectivity index (χ1) is 10.1. The number of aromatic nitrogens is 2. The maximum Gasteiger partial charge on any atom is 0.126 e. The van der Waals surface area contributed by atoms with Crippen molar-refractivity contribution in [3.63, 3.8) is 0 Å². The lowest BCUT2D eigenvalue weighted by molar-refractivity contribution is 0.341. The smallest absolute Gasteiger partial charge is 0.126 e. The van der Waals surface area contributed by atoms with Crippen LogP contribution in [0.5, 0.6) is 5.75 Å². The summed E-state index contributed by atoms with van der Waals surface area (Å²) in [6.45, 7) is 6.26. The van der Waals surface area contributed by atoms with Gasteiger partial charge in [-0.15, -0.1) is 11.8 Å². The molecule has 2 aromatic rings. The minimum atomic E-state index is 0.557. The summed E-state index contributed by atoms with van der Waals surface area (Å²) >= 11 is 1.53. The molecule has 0 spiro atoms. The monoisotopic (exact) mass is 299 g/mol. The molecular weight excluding hydrogens is 282 g/mol. The molecule has 0 amide bonds. The molecule has 0 radical (unpaired) electrons. The SMILES string of the molecule is Cc1nc(C)c(C#N)c(SCCOc2ccccc2C)n1. The van der Waals surface area contributed by atoms with Crippen LogP contribution in [-0.4, -0.2) is 22.3 Å². The minimum absolute atomic E-state index is 0.557. The number of hydrogen-bond donors (Lipinski definition) is 0. The Balaban J connectivity index is 1.96. The third-order valence-electron chi connectivity index (χ3n) is 2.95. The number of hydrogen-bond acceptors (Lipinski definition) is 5. The number of nitrogens with zero attached hydrogens (tertiary/aromatic N) is 3. The van der Waals surface area contributed by atoms with Crippen LogP contribution >= 0.6 is 11.8 Å². The van der Waals surface area contributed by atoms with Gasteiger partial charge >= 0.3 is 0 Å². The quantitative estimate of drug-likeness (QED) is 0.481. The predicted molar refractivity (Wildman–Crippen MR) is 83.6 cm³/mol. The van der Waals surface area contributed by atoms with Crippen LogP contribution in [-0.2, 0) is 0 Å². The van der Waals surface area contributed by atoms with E-state index in [0.29, 0.717) is 18.0 Å². The Morgan fingerprint density at radius 2 is 1.95 bits per heavy atom. The van der Waals surface area contributed by atoms with Crippen molar-refractivity contribution < 1.29 is 4.74 Å². The lowest BCUT2D eigenvalue weighted by Gasteiger charge is -2.09. The van der Waals surface area contributed by atoms with Gasteiger partial charge in [0.2, 0.25) is 0 Å². The molecular formula is C16H17N3OS.